The van der Waals surface area contributed by atoms with Crippen molar-refractivity contribution >= 4 is 11.9 Å². The van der Waals surface area contributed by atoms with Crippen molar-refractivity contribution in [1.82, 2.24) is 4.98 Å². The number of carbonyl (C=O) groups is 1. The summed E-state index contributed by atoms with van der Waals surface area (Å²) in [6, 6.07) is 8.11. The van der Waals surface area contributed by atoms with Crippen LogP contribution in [-0.2, 0) is 0 Å². The third-order valence-corrected chi connectivity index (χ3v) is 2.60. The molecule has 0 fully saturated rings. The van der Waals surface area contributed by atoms with Crippen molar-refractivity contribution in [1.29, 1.82) is 0 Å². The fourth-order valence-electron chi connectivity index (χ4n) is 1.57. The number of ketones is 1. The number of methoxy groups -OCH3 is 1. The summed E-state index contributed by atoms with van der Waals surface area (Å²) in [5, 5.41) is 9.46. The minimum atomic E-state index is -0.157. The second-order valence-electron chi connectivity index (χ2n) is 3.86. The Hall–Kier alpha value is -2.62. The van der Waals surface area contributed by atoms with Crippen LogP contribution in [0.1, 0.15) is 15.9 Å². The van der Waals surface area contributed by atoms with Gasteiger partial charge >= 0.3 is 0 Å². The highest BCUT2D eigenvalue weighted by Gasteiger charge is 2.07. The van der Waals surface area contributed by atoms with E-state index in [9.17, 15) is 9.90 Å². The minimum Gasteiger partial charge on any atom is -0.504 e. The molecule has 0 saturated carbocycles. The molecule has 1 heterocycles. The predicted octanol–water partition coefficient (Wildman–Crippen LogP) is 2.69. The van der Waals surface area contributed by atoms with E-state index < -0.39 is 0 Å². The lowest BCUT2D eigenvalue weighted by Gasteiger charge is -2.04. The first-order valence-electron chi connectivity index (χ1n) is 5.70. The molecular weight excluding hydrogens is 242 g/mol. The van der Waals surface area contributed by atoms with Gasteiger partial charge in [0.2, 0.25) is 0 Å². The largest absolute Gasteiger partial charge is 0.504 e. The summed E-state index contributed by atoms with van der Waals surface area (Å²) < 4.78 is 4.96. The van der Waals surface area contributed by atoms with Gasteiger partial charge in [0.05, 0.1) is 7.11 Å². The number of phenols is 1. The number of hydrogen-bond acceptors (Lipinski definition) is 4. The van der Waals surface area contributed by atoms with E-state index in [1.54, 1.807) is 36.7 Å². The highest BCUT2D eigenvalue weighted by atomic mass is 16.5. The standard InChI is InChI=1S/C15H13NO3/c1-19-15-10-12(3-5-14(15)18)13(17)4-2-11-6-8-16-9-7-11/h2-10,18H,1H3/b4-2+. The number of benzene rings is 1. The Balaban J connectivity index is 2.18. The van der Waals surface area contributed by atoms with E-state index in [2.05, 4.69) is 4.98 Å². The molecule has 1 aromatic carbocycles. The lowest BCUT2D eigenvalue weighted by atomic mass is 10.1. The number of rotatable bonds is 4. The van der Waals surface area contributed by atoms with Crippen LogP contribution in [0, 0.1) is 0 Å². The second-order valence-corrected chi connectivity index (χ2v) is 3.86. The topological polar surface area (TPSA) is 59.4 Å². The van der Waals surface area contributed by atoms with Crippen LogP contribution in [0.25, 0.3) is 6.08 Å². The zero-order valence-electron chi connectivity index (χ0n) is 10.4. The van der Waals surface area contributed by atoms with Crippen molar-refractivity contribution in [3.05, 3.63) is 59.9 Å². The van der Waals surface area contributed by atoms with Crippen LogP contribution in [-0.4, -0.2) is 23.0 Å². The molecular formula is C15H13NO3. The molecule has 0 unspecified atom stereocenters. The average molecular weight is 255 g/mol. The van der Waals surface area contributed by atoms with E-state index in [4.69, 9.17) is 4.74 Å². The molecule has 0 aliphatic carbocycles. The molecule has 19 heavy (non-hydrogen) atoms. The Labute approximate surface area is 111 Å². The Bertz CT molecular complexity index is 606. The van der Waals surface area contributed by atoms with Gasteiger partial charge < -0.3 is 9.84 Å². The number of pyridine rings is 1. The Kier molecular flexibility index (Phi) is 3.93. The summed E-state index contributed by atoms with van der Waals surface area (Å²) in [6.45, 7) is 0. The lowest BCUT2D eigenvalue weighted by Crippen LogP contribution is -1.95. The minimum absolute atomic E-state index is 0.0113. The van der Waals surface area contributed by atoms with Gasteiger partial charge in [0.25, 0.3) is 0 Å². The molecule has 0 aliphatic rings. The summed E-state index contributed by atoms with van der Waals surface area (Å²) in [5.41, 5.74) is 1.36. The van der Waals surface area contributed by atoms with Gasteiger partial charge in [-0.15, -0.1) is 0 Å². The van der Waals surface area contributed by atoms with Crippen molar-refractivity contribution in [2.45, 2.75) is 0 Å². The molecule has 0 amide bonds. The van der Waals surface area contributed by atoms with Crippen molar-refractivity contribution in [2.75, 3.05) is 7.11 Å². The Morgan fingerprint density at radius 2 is 2.00 bits per heavy atom. The van der Waals surface area contributed by atoms with Gasteiger partial charge in [-0.25, -0.2) is 0 Å². The van der Waals surface area contributed by atoms with Crippen molar-refractivity contribution in [3.63, 3.8) is 0 Å². The zero-order valence-corrected chi connectivity index (χ0v) is 10.4. The van der Waals surface area contributed by atoms with E-state index in [-0.39, 0.29) is 17.3 Å². The van der Waals surface area contributed by atoms with Crippen LogP contribution in [0.5, 0.6) is 11.5 Å². The summed E-state index contributed by atoms with van der Waals surface area (Å²) in [7, 11) is 1.44. The first-order valence-corrected chi connectivity index (χ1v) is 5.70. The Morgan fingerprint density at radius 3 is 2.68 bits per heavy atom. The molecule has 0 radical (unpaired) electrons. The zero-order chi connectivity index (χ0) is 13.7. The summed E-state index contributed by atoms with van der Waals surface area (Å²) in [4.78, 5) is 15.9. The third-order valence-electron chi connectivity index (χ3n) is 2.60. The summed E-state index contributed by atoms with van der Waals surface area (Å²) >= 11 is 0. The molecule has 2 rings (SSSR count). The molecule has 0 saturated heterocycles. The number of nitrogens with zero attached hydrogens (tertiary/aromatic N) is 1. The van der Waals surface area contributed by atoms with Gasteiger partial charge in [0.15, 0.2) is 17.3 Å². The van der Waals surface area contributed by atoms with E-state index in [1.165, 1.54) is 25.3 Å². The number of phenolic OH excluding ortho intramolecular Hbond substituents is 1. The van der Waals surface area contributed by atoms with Gasteiger partial charge in [-0.2, -0.15) is 0 Å². The van der Waals surface area contributed by atoms with E-state index in [0.717, 1.165) is 5.56 Å². The molecule has 4 nitrogen and oxygen atoms in total. The van der Waals surface area contributed by atoms with Crippen LogP contribution < -0.4 is 4.74 Å². The maximum atomic E-state index is 12.0. The van der Waals surface area contributed by atoms with Crippen LogP contribution in [0.2, 0.25) is 0 Å². The molecule has 0 atom stereocenters. The van der Waals surface area contributed by atoms with E-state index in [1.807, 2.05) is 0 Å². The number of aromatic hydroxyl groups is 1. The highest BCUT2D eigenvalue weighted by Crippen LogP contribution is 2.26. The molecule has 96 valence electrons. The van der Waals surface area contributed by atoms with Gasteiger partial charge in [-0.05, 0) is 42.0 Å². The average Bonchev–Trinajstić information content (AvgIpc) is 2.46. The molecule has 0 bridgehead atoms. The maximum Gasteiger partial charge on any atom is 0.185 e. The summed E-state index contributed by atoms with van der Waals surface area (Å²) in [5.74, 6) is 0.135. The number of ether oxygens (including phenoxy) is 1. The second kappa shape index (κ2) is 5.82. The third kappa shape index (κ3) is 3.19. The molecule has 2 aromatic rings. The fraction of sp³-hybridized carbons (Fsp3) is 0.0667. The quantitative estimate of drug-likeness (QED) is 0.674. The highest BCUT2D eigenvalue weighted by molar-refractivity contribution is 6.07. The number of hydrogen-bond donors (Lipinski definition) is 1. The SMILES string of the molecule is COc1cc(C(=O)/C=C/c2ccncc2)ccc1O. The molecule has 4 heteroatoms. The Morgan fingerprint density at radius 1 is 1.26 bits per heavy atom. The van der Waals surface area contributed by atoms with Gasteiger partial charge in [0.1, 0.15) is 0 Å². The van der Waals surface area contributed by atoms with Crippen LogP contribution in [0.3, 0.4) is 0 Å². The monoisotopic (exact) mass is 255 g/mol. The fourth-order valence-corrected chi connectivity index (χ4v) is 1.57. The maximum absolute atomic E-state index is 12.0. The normalized spacial score (nSPS) is 10.6. The van der Waals surface area contributed by atoms with Crippen molar-refractivity contribution in [3.8, 4) is 11.5 Å². The number of carbonyl (C=O) groups excluding carboxylic acids is 1. The molecule has 1 N–H and O–H groups in total. The summed E-state index contributed by atoms with van der Waals surface area (Å²) in [6.07, 6.45) is 6.51. The number of allylic oxidation sites excluding steroid dienone is 1. The molecule has 0 aliphatic heterocycles. The van der Waals surface area contributed by atoms with Crippen molar-refractivity contribution in [2.24, 2.45) is 0 Å². The van der Waals surface area contributed by atoms with E-state index in [0.29, 0.717) is 5.56 Å². The van der Waals surface area contributed by atoms with Gasteiger partial charge in [0, 0.05) is 18.0 Å². The first kappa shape index (κ1) is 12.8. The van der Waals surface area contributed by atoms with Crippen molar-refractivity contribution < 1.29 is 14.6 Å². The van der Waals surface area contributed by atoms with Crippen LogP contribution in [0.4, 0.5) is 0 Å². The number of aromatic nitrogens is 1. The first-order chi connectivity index (χ1) is 9.20. The van der Waals surface area contributed by atoms with Gasteiger partial charge in [-0.1, -0.05) is 6.08 Å². The van der Waals surface area contributed by atoms with Gasteiger partial charge in [-0.3, -0.25) is 9.78 Å². The van der Waals surface area contributed by atoms with Crippen LogP contribution >= 0.6 is 0 Å². The smallest absolute Gasteiger partial charge is 0.185 e. The predicted molar refractivity (Wildman–Crippen MR) is 72.3 cm³/mol. The molecule has 1 aromatic heterocycles. The lowest BCUT2D eigenvalue weighted by molar-refractivity contribution is 0.104. The molecule has 0 spiro atoms. The van der Waals surface area contributed by atoms with E-state index >= 15 is 0 Å². The van der Waals surface area contributed by atoms with Crippen LogP contribution in [0.15, 0.2) is 48.8 Å².